The zero-order chi connectivity index (χ0) is 34.6. The van der Waals surface area contributed by atoms with E-state index >= 15 is 0 Å². The predicted molar refractivity (Wildman–Crippen MR) is 224 cm³/mol. The first-order chi connectivity index (χ1) is 25.7. The van der Waals surface area contributed by atoms with Gasteiger partial charge in [0.15, 0.2) is 0 Å². The second-order valence-corrected chi connectivity index (χ2v) is 17.9. The van der Waals surface area contributed by atoms with Gasteiger partial charge in [-0.15, -0.1) is 11.3 Å². The molecular formula is C50H53NS. The van der Waals surface area contributed by atoms with Crippen LogP contribution >= 0.6 is 11.3 Å². The lowest BCUT2D eigenvalue weighted by atomic mass is 9.53. The largest absolute Gasteiger partial charge is 0.361 e. The molecule has 0 bridgehead atoms. The lowest BCUT2D eigenvalue weighted by Gasteiger charge is -2.52. The van der Waals surface area contributed by atoms with Crippen LogP contribution in [0.5, 0.6) is 0 Å². The molecule has 8 unspecified atom stereocenters. The summed E-state index contributed by atoms with van der Waals surface area (Å²) in [6.45, 7) is 2.56. The van der Waals surface area contributed by atoms with Gasteiger partial charge in [0.05, 0.1) is 6.04 Å². The first-order valence-electron chi connectivity index (χ1n) is 20.5. The second-order valence-electron chi connectivity index (χ2n) is 16.8. The average Bonchev–Trinajstić information content (AvgIpc) is 3.73. The molecule has 264 valence electrons. The maximum Gasteiger partial charge on any atom is 0.0514 e. The molecule has 10 rings (SSSR count). The Balaban J connectivity index is 1.05. The summed E-state index contributed by atoms with van der Waals surface area (Å²) in [5.74, 6) is 4.25. The quantitative estimate of drug-likeness (QED) is 0.232. The van der Waals surface area contributed by atoms with Crippen molar-refractivity contribution in [2.75, 3.05) is 4.90 Å². The minimum absolute atomic E-state index is 0.178. The first kappa shape index (κ1) is 32.7. The minimum atomic E-state index is 0.178. The third-order valence-corrected chi connectivity index (χ3v) is 15.6. The van der Waals surface area contributed by atoms with Gasteiger partial charge in [-0.1, -0.05) is 128 Å². The molecule has 0 N–H and O–H groups in total. The van der Waals surface area contributed by atoms with Gasteiger partial charge < -0.3 is 4.90 Å². The Morgan fingerprint density at radius 2 is 1.65 bits per heavy atom. The zero-order valence-electron chi connectivity index (χ0n) is 30.7. The molecule has 2 heteroatoms. The van der Waals surface area contributed by atoms with Crippen LogP contribution in [0.2, 0.25) is 0 Å². The summed E-state index contributed by atoms with van der Waals surface area (Å²) in [6.07, 6.45) is 51.0. The molecule has 1 nitrogen and oxygen atoms in total. The van der Waals surface area contributed by atoms with E-state index in [-0.39, 0.29) is 5.41 Å². The molecule has 0 aliphatic heterocycles. The second kappa shape index (κ2) is 13.5. The number of thiophene rings is 1. The van der Waals surface area contributed by atoms with E-state index in [1.54, 1.807) is 5.57 Å². The van der Waals surface area contributed by atoms with Gasteiger partial charge in [0, 0.05) is 43.2 Å². The van der Waals surface area contributed by atoms with Crippen molar-refractivity contribution in [1.29, 1.82) is 0 Å². The van der Waals surface area contributed by atoms with Crippen LogP contribution in [-0.4, -0.2) is 12.1 Å². The molecule has 1 aromatic heterocycles. The summed E-state index contributed by atoms with van der Waals surface area (Å²) in [6, 6.07) is 17.2. The molecule has 52 heavy (non-hydrogen) atoms. The highest BCUT2D eigenvalue weighted by Gasteiger charge is 2.62. The van der Waals surface area contributed by atoms with E-state index in [4.69, 9.17) is 0 Å². The third kappa shape index (κ3) is 5.30. The Hall–Kier alpha value is -3.88. The summed E-state index contributed by atoms with van der Waals surface area (Å²) in [4.78, 5) is 2.87. The molecule has 7 aliphatic rings. The van der Waals surface area contributed by atoms with Crippen molar-refractivity contribution in [2.45, 2.75) is 76.8 Å². The standard InChI is InChI=1S/C50H53NS/c1-34-32-38(50(37-16-6-3-7-17-37)45-21-11-8-18-41(45)42-19-9-12-22-46(42)50)26-30-47(34)51(39-27-24-36(25-28-39)35-14-4-2-5-15-35)40-29-31-49-44(33-40)43-20-10-13-23-48(43)52-49/h3-4,6-14,16,18,20-21,23-25,27,29,31-35,37,39,41-42,45-47H,2,5,15,17,19,22,26,28,30H2,1H3/t34?,35?,37?,39?,41-,42?,45?,46?,47?,50+/m0/s1. The van der Waals surface area contributed by atoms with Crippen LogP contribution in [0.1, 0.15) is 64.7 Å². The third-order valence-electron chi connectivity index (χ3n) is 14.4. The van der Waals surface area contributed by atoms with Crippen LogP contribution in [0.3, 0.4) is 0 Å². The Bertz CT molecular complexity index is 2130. The molecular weight excluding hydrogens is 647 g/mol. The van der Waals surface area contributed by atoms with Crippen molar-refractivity contribution >= 4 is 37.2 Å². The Morgan fingerprint density at radius 1 is 0.769 bits per heavy atom. The summed E-state index contributed by atoms with van der Waals surface area (Å²) in [5, 5.41) is 2.80. The monoisotopic (exact) mass is 699 g/mol. The Morgan fingerprint density at radius 3 is 2.50 bits per heavy atom. The summed E-state index contributed by atoms with van der Waals surface area (Å²) in [5.41, 5.74) is 4.88. The first-order valence-corrected chi connectivity index (χ1v) is 21.3. The Kier molecular flexibility index (Phi) is 8.51. The molecule has 3 aromatic rings. The van der Waals surface area contributed by atoms with Crippen molar-refractivity contribution in [1.82, 2.24) is 0 Å². The van der Waals surface area contributed by atoms with Crippen molar-refractivity contribution in [3.63, 3.8) is 0 Å². The highest BCUT2D eigenvalue weighted by molar-refractivity contribution is 7.25. The van der Waals surface area contributed by atoms with Gasteiger partial charge in [0.1, 0.15) is 0 Å². The van der Waals surface area contributed by atoms with Crippen molar-refractivity contribution in [3.8, 4) is 0 Å². The molecule has 0 spiro atoms. The average molecular weight is 700 g/mol. The molecule has 10 atom stereocenters. The van der Waals surface area contributed by atoms with E-state index < -0.39 is 0 Å². The topological polar surface area (TPSA) is 3.24 Å². The fourth-order valence-electron chi connectivity index (χ4n) is 12.2. The van der Waals surface area contributed by atoms with Crippen LogP contribution in [0, 0.1) is 46.8 Å². The van der Waals surface area contributed by atoms with Crippen LogP contribution in [0.25, 0.3) is 20.2 Å². The molecule has 0 radical (unpaired) electrons. The summed E-state index contributed by atoms with van der Waals surface area (Å²) >= 11 is 1.93. The van der Waals surface area contributed by atoms with E-state index in [0.717, 1.165) is 18.8 Å². The maximum absolute atomic E-state index is 2.87. The summed E-state index contributed by atoms with van der Waals surface area (Å²) < 4.78 is 2.78. The number of fused-ring (bicyclic) bond motifs is 6. The normalized spacial score (nSPS) is 36.2. The number of hydrogen-bond donors (Lipinski definition) is 0. The molecule has 7 aliphatic carbocycles. The smallest absolute Gasteiger partial charge is 0.0514 e. The fourth-order valence-corrected chi connectivity index (χ4v) is 13.3. The lowest BCUT2D eigenvalue weighted by Crippen LogP contribution is -2.49. The molecule has 1 heterocycles. The highest BCUT2D eigenvalue weighted by Crippen LogP contribution is 2.68. The summed E-state index contributed by atoms with van der Waals surface area (Å²) in [7, 11) is 0. The number of nitrogens with zero attached hydrogens (tertiary/aromatic N) is 1. The minimum Gasteiger partial charge on any atom is -0.361 e. The molecule has 2 aromatic carbocycles. The van der Waals surface area contributed by atoms with Gasteiger partial charge in [-0.2, -0.15) is 0 Å². The number of benzene rings is 2. The number of hydrogen-bond acceptors (Lipinski definition) is 2. The van der Waals surface area contributed by atoms with E-state index in [1.807, 2.05) is 11.3 Å². The molecule has 0 amide bonds. The van der Waals surface area contributed by atoms with Crippen molar-refractivity contribution < 1.29 is 0 Å². The SMILES string of the molecule is CC1C=C([C@@]2(C3C=CC=CC3)C3CC=CCC3[C@@H]3C=CC=CC32)CCC1N(c1ccc2sc3ccccc3c2c1)C1C=CC(C2C=CCCC2)=CC1. The lowest BCUT2D eigenvalue weighted by molar-refractivity contribution is 0.113. The van der Waals surface area contributed by atoms with E-state index in [2.05, 4.69) is 152 Å². The van der Waals surface area contributed by atoms with E-state index in [9.17, 15) is 0 Å². The fraction of sp³-hybridized carbons (Fsp3) is 0.400. The van der Waals surface area contributed by atoms with Gasteiger partial charge in [-0.25, -0.2) is 0 Å². The van der Waals surface area contributed by atoms with Crippen LogP contribution in [0.15, 0.2) is 151 Å². The van der Waals surface area contributed by atoms with Gasteiger partial charge in [-0.05, 0) is 123 Å². The van der Waals surface area contributed by atoms with Gasteiger partial charge >= 0.3 is 0 Å². The Labute approximate surface area is 315 Å². The van der Waals surface area contributed by atoms with Gasteiger partial charge in [0.2, 0.25) is 0 Å². The maximum atomic E-state index is 2.87. The van der Waals surface area contributed by atoms with Crippen molar-refractivity contribution in [3.05, 3.63) is 151 Å². The highest BCUT2D eigenvalue weighted by atomic mass is 32.1. The van der Waals surface area contributed by atoms with Gasteiger partial charge in [-0.3, -0.25) is 0 Å². The van der Waals surface area contributed by atoms with Crippen LogP contribution < -0.4 is 4.90 Å². The molecule has 1 saturated carbocycles. The van der Waals surface area contributed by atoms with Crippen molar-refractivity contribution in [2.24, 2.45) is 46.8 Å². The number of allylic oxidation sites excluding steroid dienone is 15. The van der Waals surface area contributed by atoms with E-state index in [1.165, 1.54) is 76.4 Å². The van der Waals surface area contributed by atoms with Gasteiger partial charge in [0.25, 0.3) is 0 Å². The van der Waals surface area contributed by atoms with Crippen LogP contribution in [0.4, 0.5) is 5.69 Å². The van der Waals surface area contributed by atoms with Crippen LogP contribution in [-0.2, 0) is 0 Å². The molecule has 0 saturated heterocycles. The number of anilines is 1. The zero-order valence-corrected chi connectivity index (χ0v) is 31.5. The predicted octanol–water partition coefficient (Wildman–Crippen LogP) is 13.3. The number of rotatable bonds is 6. The molecule has 1 fully saturated rings. The van der Waals surface area contributed by atoms with E-state index in [0.29, 0.717) is 47.6 Å².